The predicted molar refractivity (Wildman–Crippen MR) is 226 cm³/mol. The summed E-state index contributed by atoms with van der Waals surface area (Å²) in [7, 11) is 0. The minimum Gasteiger partial charge on any atom is -0.309 e. The lowest BCUT2D eigenvalue weighted by molar-refractivity contribution is 1.07. The Morgan fingerprint density at radius 3 is 1.31 bits per heavy atom. The Balaban J connectivity index is 1.10. The van der Waals surface area contributed by atoms with Crippen molar-refractivity contribution < 1.29 is 0 Å². The molecule has 8 aromatic carbocycles. The van der Waals surface area contributed by atoms with Crippen LogP contribution in [0.4, 0.5) is 0 Å². The normalized spacial score (nSPS) is 11.6. The van der Waals surface area contributed by atoms with Crippen LogP contribution in [0.2, 0.25) is 0 Å². The summed E-state index contributed by atoms with van der Waals surface area (Å²) in [5, 5.41) is 2.45. The molecule has 55 heavy (non-hydrogen) atoms. The summed E-state index contributed by atoms with van der Waals surface area (Å²) in [6.07, 6.45) is 0. The fraction of sp³-hybridized carbons (Fsp3) is 0. The van der Waals surface area contributed by atoms with Crippen LogP contribution >= 0.6 is 0 Å². The summed E-state index contributed by atoms with van der Waals surface area (Å²) in [5.74, 6) is 1.98. The van der Waals surface area contributed by atoms with Crippen LogP contribution in [0.15, 0.2) is 194 Å². The number of hydrogen-bond acceptors (Lipinski definition) is 3. The van der Waals surface area contributed by atoms with E-state index in [0.29, 0.717) is 17.5 Å². The van der Waals surface area contributed by atoms with Crippen LogP contribution in [-0.2, 0) is 0 Å². The first-order valence-electron chi connectivity index (χ1n) is 18.6. The first-order chi connectivity index (χ1) is 27.3. The molecule has 1 aliphatic rings. The Hall–Kier alpha value is -7.43. The lowest BCUT2D eigenvalue weighted by Crippen LogP contribution is -2.06. The summed E-state index contributed by atoms with van der Waals surface area (Å²) in [5.41, 5.74) is 16.1. The van der Waals surface area contributed by atoms with Gasteiger partial charge < -0.3 is 4.57 Å². The van der Waals surface area contributed by atoms with Gasteiger partial charge in [-0.25, -0.2) is 15.0 Å². The largest absolute Gasteiger partial charge is 0.309 e. The number of benzene rings is 8. The Labute approximate surface area is 318 Å². The highest BCUT2D eigenvalue weighted by molar-refractivity contribution is 6.15. The van der Waals surface area contributed by atoms with E-state index in [4.69, 9.17) is 15.0 Å². The van der Waals surface area contributed by atoms with E-state index in [-0.39, 0.29) is 0 Å². The van der Waals surface area contributed by atoms with E-state index in [9.17, 15) is 0 Å². The van der Waals surface area contributed by atoms with Gasteiger partial charge in [0.1, 0.15) is 0 Å². The smallest absolute Gasteiger partial charge is 0.164 e. The Bertz CT molecular complexity index is 3000. The third kappa shape index (κ3) is 5.11. The number of aromatic nitrogens is 4. The van der Waals surface area contributed by atoms with Crippen LogP contribution in [0.25, 0.3) is 106 Å². The van der Waals surface area contributed by atoms with Crippen molar-refractivity contribution in [3.05, 3.63) is 194 Å². The Morgan fingerprint density at radius 1 is 0.291 bits per heavy atom. The third-order valence-corrected chi connectivity index (χ3v) is 10.8. The van der Waals surface area contributed by atoms with Gasteiger partial charge in [0.25, 0.3) is 0 Å². The first kappa shape index (κ1) is 31.1. The zero-order valence-electron chi connectivity index (χ0n) is 29.8. The maximum atomic E-state index is 5.13. The molecule has 0 aliphatic heterocycles. The standard InChI is InChI=1S/C51H32N4/c1-5-15-33(16-6-1)36-27-29-45-43(31-36)44-32-37(28-30-46(44)55(45)38-21-11-4-12-22-38)39-23-13-24-40-41-25-14-26-42(48(41)47(39)40)51-53-49(34-17-7-2-8-18-34)52-50(54-51)35-19-9-3-10-20-35/h1-32H. The minimum absolute atomic E-state index is 0.657. The second-order valence-electron chi connectivity index (χ2n) is 14.0. The summed E-state index contributed by atoms with van der Waals surface area (Å²) in [6.45, 7) is 0. The Morgan fingerprint density at radius 2 is 0.727 bits per heavy atom. The molecule has 0 N–H and O–H groups in total. The number of nitrogens with zero attached hydrogens (tertiary/aromatic N) is 4. The van der Waals surface area contributed by atoms with Crippen molar-refractivity contribution in [3.8, 4) is 84.4 Å². The van der Waals surface area contributed by atoms with Crippen molar-refractivity contribution in [1.29, 1.82) is 0 Å². The molecule has 11 rings (SSSR count). The lowest BCUT2D eigenvalue weighted by atomic mass is 9.74. The highest BCUT2D eigenvalue weighted by atomic mass is 15.0. The summed E-state index contributed by atoms with van der Waals surface area (Å²) in [6, 6.07) is 68.6. The van der Waals surface area contributed by atoms with Crippen molar-refractivity contribution >= 4 is 21.8 Å². The van der Waals surface area contributed by atoms with Gasteiger partial charge in [-0.15, -0.1) is 0 Å². The monoisotopic (exact) mass is 700 g/mol. The quantitative estimate of drug-likeness (QED) is 0.173. The molecule has 0 saturated heterocycles. The van der Waals surface area contributed by atoms with Crippen LogP contribution in [0.5, 0.6) is 0 Å². The maximum absolute atomic E-state index is 5.13. The van der Waals surface area contributed by atoms with Crippen LogP contribution in [0.3, 0.4) is 0 Å². The molecule has 0 radical (unpaired) electrons. The van der Waals surface area contributed by atoms with Gasteiger partial charge in [0, 0.05) is 38.7 Å². The van der Waals surface area contributed by atoms with E-state index in [2.05, 4.69) is 162 Å². The molecule has 0 bridgehead atoms. The van der Waals surface area contributed by atoms with E-state index in [1.54, 1.807) is 0 Å². The first-order valence-corrected chi connectivity index (χ1v) is 18.6. The van der Waals surface area contributed by atoms with Gasteiger partial charge in [0.2, 0.25) is 0 Å². The highest BCUT2D eigenvalue weighted by Gasteiger charge is 2.30. The van der Waals surface area contributed by atoms with Crippen molar-refractivity contribution in [2.45, 2.75) is 0 Å². The Kier molecular flexibility index (Phi) is 7.14. The molecule has 1 aliphatic carbocycles. The topological polar surface area (TPSA) is 43.6 Å². The molecule has 10 aromatic rings. The van der Waals surface area contributed by atoms with Crippen molar-refractivity contribution in [1.82, 2.24) is 19.5 Å². The summed E-state index contributed by atoms with van der Waals surface area (Å²) < 4.78 is 2.38. The molecule has 256 valence electrons. The van der Waals surface area contributed by atoms with Gasteiger partial charge in [-0.2, -0.15) is 0 Å². The molecule has 2 aromatic heterocycles. The van der Waals surface area contributed by atoms with Gasteiger partial charge in [-0.1, -0.05) is 158 Å². The molecule has 4 nitrogen and oxygen atoms in total. The fourth-order valence-electron chi connectivity index (χ4n) is 8.24. The molecule has 0 fully saturated rings. The predicted octanol–water partition coefficient (Wildman–Crippen LogP) is 13.0. The van der Waals surface area contributed by atoms with Crippen molar-refractivity contribution in [3.63, 3.8) is 0 Å². The van der Waals surface area contributed by atoms with Gasteiger partial charge in [-0.05, 0) is 75.3 Å². The van der Waals surface area contributed by atoms with Crippen molar-refractivity contribution in [2.24, 2.45) is 0 Å². The third-order valence-electron chi connectivity index (χ3n) is 10.8. The molecule has 4 heteroatoms. The molecular formula is C51H32N4. The molecule has 0 unspecified atom stereocenters. The highest BCUT2D eigenvalue weighted by Crippen LogP contribution is 2.55. The summed E-state index contributed by atoms with van der Waals surface area (Å²) >= 11 is 0. The van der Waals surface area contributed by atoms with E-state index < -0.39 is 0 Å². The fourth-order valence-corrected chi connectivity index (χ4v) is 8.24. The second-order valence-corrected chi connectivity index (χ2v) is 14.0. The number of fused-ring (bicyclic) bond motifs is 7. The average Bonchev–Trinajstić information content (AvgIpc) is 3.59. The lowest BCUT2D eigenvalue weighted by Gasteiger charge is -2.29. The average molecular weight is 701 g/mol. The molecule has 2 heterocycles. The maximum Gasteiger partial charge on any atom is 0.164 e. The van der Waals surface area contributed by atoms with Crippen LogP contribution in [0.1, 0.15) is 0 Å². The van der Waals surface area contributed by atoms with Crippen LogP contribution < -0.4 is 0 Å². The minimum atomic E-state index is 0.657. The van der Waals surface area contributed by atoms with Crippen LogP contribution in [0, 0.1) is 0 Å². The number of rotatable bonds is 6. The van der Waals surface area contributed by atoms with E-state index in [1.165, 1.54) is 66.3 Å². The van der Waals surface area contributed by atoms with Crippen molar-refractivity contribution in [2.75, 3.05) is 0 Å². The molecule has 0 amide bonds. The number of para-hydroxylation sites is 1. The summed E-state index contributed by atoms with van der Waals surface area (Å²) in [4.78, 5) is 15.2. The van der Waals surface area contributed by atoms with Crippen LogP contribution in [-0.4, -0.2) is 19.5 Å². The zero-order valence-corrected chi connectivity index (χ0v) is 29.8. The van der Waals surface area contributed by atoms with Gasteiger partial charge in [0.05, 0.1) is 11.0 Å². The molecule has 0 spiro atoms. The SMILES string of the molecule is c1ccc(-c2ccc3c(c2)c2cc(-c4cccc5c4-c4c(-c6nc(-c7ccccc7)nc(-c7ccccc7)n6)cccc4-5)ccc2n3-c2ccccc2)cc1. The molecule has 0 saturated carbocycles. The zero-order chi connectivity index (χ0) is 36.3. The van der Waals surface area contributed by atoms with Gasteiger partial charge >= 0.3 is 0 Å². The second kappa shape index (κ2) is 12.6. The van der Waals surface area contributed by atoms with E-state index in [0.717, 1.165) is 22.4 Å². The molecular weight excluding hydrogens is 669 g/mol. The van der Waals surface area contributed by atoms with E-state index in [1.807, 2.05) is 36.4 Å². The van der Waals surface area contributed by atoms with Gasteiger partial charge in [0.15, 0.2) is 17.5 Å². The van der Waals surface area contributed by atoms with Gasteiger partial charge in [-0.3, -0.25) is 0 Å². The molecule has 0 atom stereocenters. The number of hydrogen-bond donors (Lipinski definition) is 0. The van der Waals surface area contributed by atoms with E-state index >= 15 is 0 Å².